The van der Waals surface area contributed by atoms with E-state index in [1.54, 1.807) is 22.6 Å². The van der Waals surface area contributed by atoms with Crippen LogP contribution in [0.3, 0.4) is 0 Å². The molecule has 2 heterocycles. The molecule has 0 spiro atoms. The lowest BCUT2D eigenvalue weighted by molar-refractivity contribution is 0.00107. The number of hydrogen-bond donors (Lipinski definition) is 3. The van der Waals surface area contributed by atoms with Crippen LogP contribution in [0.2, 0.25) is 0 Å². The molecule has 2 aromatic rings. The number of fused-ring (bicyclic) bond motifs is 1. The van der Waals surface area contributed by atoms with Gasteiger partial charge in [0.15, 0.2) is 16.3 Å². The van der Waals surface area contributed by atoms with Gasteiger partial charge in [0, 0.05) is 12.4 Å². The van der Waals surface area contributed by atoms with Crippen molar-refractivity contribution in [3.63, 3.8) is 0 Å². The zero-order valence-electron chi connectivity index (χ0n) is 12.9. The Balaban J connectivity index is 1.90. The molecule has 1 fully saturated rings. The molecule has 9 heteroatoms. The van der Waals surface area contributed by atoms with Crippen LogP contribution >= 0.6 is 11.8 Å². The van der Waals surface area contributed by atoms with Crippen molar-refractivity contribution < 1.29 is 15.3 Å². The summed E-state index contributed by atoms with van der Waals surface area (Å²) < 4.78 is 1.58. The molecule has 0 bridgehead atoms. The van der Waals surface area contributed by atoms with E-state index < -0.39 is 18.2 Å². The van der Waals surface area contributed by atoms with Gasteiger partial charge in [0.1, 0.15) is 6.10 Å². The second-order valence-corrected chi connectivity index (χ2v) is 6.86. The molecular formula is C14H21N5O3S. The number of aliphatic hydroxyl groups excluding tert-OH is 3. The van der Waals surface area contributed by atoms with Crippen molar-refractivity contribution in [3.05, 3.63) is 6.20 Å². The van der Waals surface area contributed by atoms with Gasteiger partial charge in [-0.2, -0.15) is 0 Å². The van der Waals surface area contributed by atoms with E-state index in [1.807, 2.05) is 0 Å². The molecule has 3 N–H and O–H groups in total. The first-order chi connectivity index (χ1) is 11.2. The van der Waals surface area contributed by atoms with Gasteiger partial charge in [-0.3, -0.25) is 0 Å². The zero-order valence-corrected chi connectivity index (χ0v) is 13.7. The molecular weight excluding hydrogens is 318 g/mol. The standard InChI is InChI=1S/C14H21N5O3S/c1-2-5-23-14-15-7-9-13(16-14)19(18-17-9)10-6-8(3-4-20)11(21)12(10)22/h7-8,10-12,20-22H,2-6H2,1H3. The largest absolute Gasteiger partial charge is 0.396 e. The summed E-state index contributed by atoms with van der Waals surface area (Å²) in [6.45, 7) is 2.08. The second-order valence-electron chi connectivity index (χ2n) is 5.80. The van der Waals surface area contributed by atoms with Crippen LogP contribution < -0.4 is 0 Å². The van der Waals surface area contributed by atoms with Crippen molar-refractivity contribution in [2.75, 3.05) is 12.4 Å². The van der Waals surface area contributed by atoms with Gasteiger partial charge >= 0.3 is 0 Å². The monoisotopic (exact) mass is 339 g/mol. The smallest absolute Gasteiger partial charge is 0.189 e. The van der Waals surface area contributed by atoms with E-state index >= 15 is 0 Å². The summed E-state index contributed by atoms with van der Waals surface area (Å²) in [7, 11) is 0. The molecule has 0 saturated heterocycles. The highest BCUT2D eigenvalue weighted by molar-refractivity contribution is 7.99. The molecule has 4 unspecified atom stereocenters. The van der Waals surface area contributed by atoms with Gasteiger partial charge in [-0.25, -0.2) is 14.6 Å². The molecule has 1 aliphatic carbocycles. The minimum Gasteiger partial charge on any atom is -0.396 e. The van der Waals surface area contributed by atoms with Crippen LogP contribution in [-0.2, 0) is 0 Å². The highest BCUT2D eigenvalue weighted by Crippen LogP contribution is 2.37. The summed E-state index contributed by atoms with van der Waals surface area (Å²) in [5.74, 6) is 0.770. The van der Waals surface area contributed by atoms with Crippen LogP contribution in [0.15, 0.2) is 11.4 Å². The van der Waals surface area contributed by atoms with E-state index in [-0.39, 0.29) is 12.5 Å². The number of rotatable bonds is 6. The Labute approximate surface area is 137 Å². The van der Waals surface area contributed by atoms with Gasteiger partial charge < -0.3 is 15.3 Å². The van der Waals surface area contributed by atoms with E-state index in [1.165, 1.54) is 0 Å². The average molecular weight is 339 g/mol. The number of nitrogens with zero attached hydrogens (tertiary/aromatic N) is 5. The van der Waals surface area contributed by atoms with Gasteiger partial charge in [-0.1, -0.05) is 23.9 Å². The Hall–Kier alpha value is -1.29. The maximum atomic E-state index is 10.3. The highest BCUT2D eigenvalue weighted by Gasteiger charge is 2.43. The molecule has 0 amide bonds. The topological polar surface area (TPSA) is 117 Å². The molecule has 3 rings (SSSR count). The van der Waals surface area contributed by atoms with E-state index in [4.69, 9.17) is 5.11 Å². The van der Waals surface area contributed by atoms with E-state index in [0.717, 1.165) is 12.2 Å². The Morgan fingerprint density at radius 3 is 2.91 bits per heavy atom. The summed E-state index contributed by atoms with van der Waals surface area (Å²) in [6.07, 6.45) is 1.82. The van der Waals surface area contributed by atoms with Crippen molar-refractivity contribution in [2.24, 2.45) is 5.92 Å². The number of aromatic nitrogens is 5. The van der Waals surface area contributed by atoms with Crippen LogP contribution in [0.5, 0.6) is 0 Å². The van der Waals surface area contributed by atoms with Crippen molar-refractivity contribution in [1.82, 2.24) is 25.0 Å². The van der Waals surface area contributed by atoms with Crippen molar-refractivity contribution in [3.8, 4) is 0 Å². The first-order valence-corrected chi connectivity index (χ1v) is 8.82. The van der Waals surface area contributed by atoms with Crippen molar-refractivity contribution >= 4 is 22.9 Å². The highest BCUT2D eigenvalue weighted by atomic mass is 32.2. The predicted molar refractivity (Wildman–Crippen MR) is 85.0 cm³/mol. The lowest BCUT2D eigenvalue weighted by Crippen LogP contribution is -2.30. The van der Waals surface area contributed by atoms with Crippen LogP contribution in [0.4, 0.5) is 0 Å². The SMILES string of the molecule is CCCSc1ncc2nnn(C3CC(CCO)C(O)C3O)c2n1. The Bertz CT molecular complexity index is 667. The first-order valence-electron chi connectivity index (χ1n) is 7.83. The Morgan fingerprint density at radius 2 is 2.17 bits per heavy atom. The molecule has 4 atom stereocenters. The maximum Gasteiger partial charge on any atom is 0.189 e. The van der Waals surface area contributed by atoms with E-state index in [0.29, 0.717) is 29.2 Å². The summed E-state index contributed by atoms with van der Waals surface area (Å²) in [6, 6.07) is -0.398. The normalized spacial score (nSPS) is 27.8. The summed E-state index contributed by atoms with van der Waals surface area (Å²) in [4.78, 5) is 8.75. The van der Waals surface area contributed by atoms with Gasteiger partial charge in [-0.15, -0.1) is 5.10 Å². The summed E-state index contributed by atoms with van der Waals surface area (Å²) >= 11 is 1.56. The van der Waals surface area contributed by atoms with Crippen LogP contribution in [0.1, 0.15) is 32.2 Å². The number of hydrogen-bond acceptors (Lipinski definition) is 8. The quantitative estimate of drug-likeness (QED) is 0.511. The van der Waals surface area contributed by atoms with Crippen molar-refractivity contribution in [2.45, 2.75) is 49.6 Å². The van der Waals surface area contributed by atoms with Crippen LogP contribution in [-0.4, -0.2) is 64.8 Å². The summed E-state index contributed by atoms with van der Waals surface area (Å²) in [5, 5.41) is 38.4. The third kappa shape index (κ3) is 3.18. The zero-order chi connectivity index (χ0) is 16.4. The molecule has 126 valence electrons. The van der Waals surface area contributed by atoms with Crippen LogP contribution in [0, 0.1) is 5.92 Å². The number of thioether (sulfide) groups is 1. The van der Waals surface area contributed by atoms with Gasteiger partial charge in [-0.05, 0) is 25.2 Å². The third-order valence-corrected chi connectivity index (χ3v) is 5.28. The fourth-order valence-electron chi connectivity index (χ4n) is 3.01. The maximum absolute atomic E-state index is 10.3. The number of aliphatic hydroxyl groups is 3. The Morgan fingerprint density at radius 1 is 1.35 bits per heavy atom. The molecule has 0 aromatic carbocycles. The second kappa shape index (κ2) is 7.08. The minimum absolute atomic E-state index is 0.0146. The van der Waals surface area contributed by atoms with Crippen LogP contribution in [0.25, 0.3) is 11.2 Å². The average Bonchev–Trinajstić information content (AvgIpc) is 3.09. The van der Waals surface area contributed by atoms with Gasteiger partial charge in [0.25, 0.3) is 0 Å². The Kier molecular flexibility index (Phi) is 5.10. The minimum atomic E-state index is -0.946. The fourth-order valence-corrected chi connectivity index (χ4v) is 3.67. The lowest BCUT2D eigenvalue weighted by Gasteiger charge is -2.16. The van der Waals surface area contributed by atoms with E-state index in [9.17, 15) is 10.2 Å². The predicted octanol–water partition coefficient (Wildman–Crippen LogP) is 0.389. The third-order valence-electron chi connectivity index (χ3n) is 4.21. The molecule has 0 aliphatic heterocycles. The van der Waals surface area contributed by atoms with Gasteiger partial charge in [0.2, 0.25) is 0 Å². The molecule has 1 aliphatic rings. The molecule has 23 heavy (non-hydrogen) atoms. The van der Waals surface area contributed by atoms with Crippen molar-refractivity contribution in [1.29, 1.82) is 0 Å². The molecule has 1 saturated carbocycles. The molecule has 8 nitrogen and oxygen atoms in total. The fraction of sp³-hybridized carbons (Fsp3) is 0.714. The lowest BCUT2D eigenvalue weighted by atomic mass is 10.0. The van der Waals surface area contributed by atoms with Gasteiger partial charge in [0.05, 0.1) is 18.3 Å². The molecule has 0 radical (unpaired) electrons. The first kappa shape index (κ1) is 16.6. The summed E-state index contributed by atoms with van der Waals surface area (Å²) in [5.41, 5.74) is 1.14. The molecule has 2 aromatic heterocycles. The van der Waals surface area contributed by atoms with E-state index in [2.05, 4.69) is 27.2 Å².